The van der Waals surface area contributed by atoms with Crippen LogP contribution in [0.15, 0.2) is 53.6 Å². The van der Waals surface area contributed by atoms with Gasteiger partial charge in [-0.3, -0.25) is 4.79 Å². The Bertz CT molecular complexity index is 1540. The molecule has 192 valence electrons. The minimum absolute atomic E-state index is 0.0471. The summed E-state index contributed by atoms with van der Waals surface area (Å²) in [4.78, 5) is 13.2. The molecule has 3 atom stereocenters. The first-order valence-corrected chi connectivity index (χ1v) is 12.9. The summed E-state index contributed by atoms with van der Waals surface area (Å²) in [6.45, 7) is 1.94. The van der Waals surface area contributed by atoms with E-state index < -0.39 is 39.1 Å². The summed E-state index contributed by atoms with van der Waals surface area (Å²) in [6.07, 6.45) is 6.13. The van der Waals surface area contributed by atoms with Gasteiger partial charge in [-0.2, -0.15) is 5.26 Å². The van der Waals surface area contributed by atoms with E-state index in [0.717, 1.165) is 17.7 Å². The maximum atomic E-state index is 13.9. The summed E-state index contributed by atoms with van der Waals surface area (Å²) in [5.74, 6) is -3.66. The Morgan fingerprint density at radius 3 is 2.65 bits per heavy atom. The van der Waals surface area contributed by atoms with Gasteiger partial charge < -0.3 is 9.88 Å². The number of aromatic nitrogens is 1. The Morgan fingerprint density at radius 2 is 1.97 bits per heavy atom. The summed E-state index contributed by atoms with van der Waals surface area (Å²) in [5, 5.41) is 11.5. The number of hydrogen-bond acceptors (Lipinski definition) is 4. The number of hydrogen-bond donors (Lipinski definition) is 3. The van der Waals surface area contributed by atoms with Gasteiger partial charge in [-0.25, -0.2) is 26.9 Å². The van der Waals surface area contributed by atoms with Crippen molar-refractivity contribution < 1.29 is 22.2 Å². The lowest BCUT2D eigenvalue weighted by molar-refractivity contribution is 0.101. The zero-order valence-corrected chi connectivity index (χ0v) is 20.8. The molecule has 0 radical (unpaired) electrons. The van der Waals surface area contributed by atoms with Crippen LogP contribution in [0.5, 0.6) is 0 Å². The fourth-order valence-corrected chi connectivity index (χ4v) is 5.85. The van der Waals surface area contributed by atoms with E-state index in [1.165, 1.54) is 29.0 Å². The molecule has 1 aromatic heterocycles. The highest BCUT2D eigenvalue weighted by molar-refractivity contribution is 7.90. The van der Waals surface area contributed by atoms with Gasteiger partial charge in [0.05, 0.1) is 10.5 Å². The molecule has 3 aromatic rings. The molecule has 0 saturated heterocycles. The van der Waals surface area contributed by atoms with Crippen molar-refractivity contribution in [2.24, 2.45) is 13.0 Å². The Morgan fingerprint density at radius 1 is 1.27 bits per heavy atom. The molecular formula is C26H24F3N5O2S. The number of aryl methyl sites for hydroxylation is 2. The predicted molar refractivity (Wildman–Crippen MR) is 133 cm³/mol. The van der Waals surface area contributed by atoms with Crippen LogP contribution in [0, 0.1) is 39.5 Å². The van der Waals surface area contributed by atoms with Crippen molar-refractivity contribution in [2.45, 2.75) is 30.7 Å². The van der Waals surface area contributed by atoms with Crippen molar-refractivity contribution in [1.29, 1.82) is 10.0 Å². The number of fused-ring (bicyclic) bond motifs is 1. The van der Waals surface area contributed by atoms with Gasteiger partial charge in [0.2, 0.25) is 0 Å². The Balaban J connectivity index is 1.59. The number of nitriles is 1. The first-order chi connectivity index (χ1) is 17.5. The van der Waals surface area contributed by atoms with E-state index >= 15 is 0 Å². The van der Waals surface area contributed by atoms with Crippen LogP contribution in [0.25, 0.3) is 6.08 Å². The topological polar surface area (TPSA) is 111 Å². The first-order valence-electron chi connectivity index (χ1n) is 11.4. The molecule has 1 aliphatic rings. The van der Waals surface area contributed by atoms with Gasteiger partial charge in [0.15, 0.2) is 11.6 Å². The molecule has 1 aliphatic heterocycles. The Hall–Kier alpha value is -3.88. The lowest BCUT2D eigenvalue weighted by atomic mass is 9.94. The molecule has 2 unspecified atom stereocenters. The van der Waals surface area contributed by atoms with Crippen LogP contribution in [0.4, 0.5) is 18.9 Å². The van der Waals surface area contributed by atoms with Crippen LogP contribution in [-0.4, -0.2) is 20.7 Å². The van der Waals surface area contributed by atoms with Gasteiger partial charge in [-0.05, 0) is 42.5 Å². The SMILES string of the molecule is C[C@@H](CCc1ccc(F)cc1)C1C=Cc2c(cn(C)c2C(=O)Nc2cc(F)c(F)c(C#N)c2)S(=N)(=O)N1. The molecule has 37 heavy (non-hydrogen) atoms. The van der Waals surface area contributed by atoms with E-state index in [-0.39, 0.29) is 33.6 Å². The van der Waals surface area contributed by atoms with Gasteiger partial charge in [-0.1, -0.05) is 31.2 Å². The summed E-state index contributed by atoms with van der Waals surface area (Å²) in [7, 11) is -1.96. The minimum atomic E-state index is -3.51. The highest BCUT2D eigenvalue weighted by Gasteiger charge is 2.30. The predicted octanol–water partition coefficient (Wildman–Crippen LogP) is 5.14. The summed E-state index contributed by atoms with van der Waals surface area (Å²) in [6, 6.07) is 9.07. The number of rotatable bonds is 6. The zero-order valence-electron chi connectivity index (χ0n) is 20.0. The van der Waals surface area contributed by atoms with Crippen LogP contribution in [0.3, 0.4) is 0 Å². The molecule has 0 fully saturated rings. The summed E-state index contributed by atoms with van der Waals surface area (Å²) >= 11 is 0. The standard InChI is InChI=1S/C26H24F3N5O2S/c1-15(3-4-16-5-7-18(27)8-6-16)22-10-9-20-23(37(31,36)33-22)14-34(2)25(20)26(35)32-19-11-17(13-30)24(29)21(28)12-19/h5-12,14-15,22H,3-4H2,1-2H3,(H,32,35)(H2,31,33,36)/t15-,22?,37?/m0/s1. The average Bonchev–Trinajstić information content (AvgIpc) is 3.13. The van der Waals surface area contributed by atoms with Crippen LogP contribution < -0.4 is 10.0 Å². The molecular weight excluding hydrogens is 503 g/mol. The van der Waals surface area contributed by atoms with Crippen LogP contribution in [0.1, 0.15) is 40.5 Å². The minimum Gasteiger partial charge on any atom is -0.345 e. The molecule has 7 nitrogen and oxygen atoms in total. The first kappa shape index (κ1) is 26.2. The lowest BCUT2D eigenvalue weighted by Gasteiger charge is -2.22. The summed E-state index contributed by atoms with van der Waals surface area (Å²) < 4.78 is 66.9. The van der Waals surface area contributed by atoms with Crippen molar-refractivity contribution in [1.82, 2.24) is 9.29 Å². The number of benzene rings is 2. The van der Waals surface area contributed by atoms with E-state index in [4.69, 9.17) is 10.0 Å². The third-order valence-corrected chi connectivity index (χ3v) is 7.85. The number of carbonyl (C=O) groups is 1. The third-order valence-electron chi connectivity index (χ3n) is 6.30. The second kappa shape index (κ2) is 10.2. The second-order valence-electron chi connectivity index (χ2n) is 8.95. The molecule has 0 aliphatic carbocycles. The fraction of sp³-hybridized carbons (Fsp3) is 0.231. The van der Waals surface area contributed by atoms with Crippen LogP contribution in [0.2, 0.25) is 0 Å². The van der Waals surface area contributed by atoms with Gasteiger partial charge in [0.1, 0.15) is 27.5 Å². The van der Waals surface area contributed by atoms with Crippen LogP contribution in [-0.2, 0) is 23.4 Å². The molecule has 4 rings (SSSR count). The fourth-order valence-electron chi connectivity index (χ4n) is 4.25. The molecule has 2 heterocycles. The number of halogens is 3. The maximum Gasteiger partial charge on any atom is 0.272 e. The molecule has 0 bridgehead atoms. The molecule has 0 spiro atoms. The molecule has 0 saturated carbocycles. The van der Waals surface area contributed by atoms with Crippen molar-refractivity contribution >= 4 is 27.6 Å². The monoisotopic (exact) mass is 527 g/mol. The van der Waals surface area contributed by atoms with E-state index in [2.05, 4.69) is 10.0 Å². The highest BCUT2D eigenvalue weighted by atomic mass is 32.2. The zero-order chi connectivity index (χ0) is 26.9. The van der Waals surface area contributed by atoms with E-state index in [1.54, 1.807) is 31.3 Å². The second-order valence-corrected chi connectivity index (χ2v) is 10.7. The van der Waals surface area contributed by atoms with Crippen molar-refractivity contribution in [3.05, 3.63) is 88.5 Å². The normalized spacial score (nSPS) is 19.5. The van der Waals surface area contributed by atoms with Gasteiger partial charge in [0.25, 0.3) is 5.91 Å². The number of nitrogens with one attached hydrogen (secondary N) is 3. The van der Waals surface area contributed by atoms with Gasteiger partial charge in [-0.15, -0.1) is 0 Å². The largest absolute Gasteiger partial charge is 0.345 e. The molecule has 1 amide bonds. The van der Waals surface area contributed by atoms with E-state index in [0.29, 0.717) is 12.8 Å². The summed E-state index contributed by atoms with van der Waals surface area (Å²) in [5.41, 5.74) is 0.610. The lowest BCUT2D eigenvalue weighted by Crippen LogP contribution is -2.36. The maximum absolute atomic E-state index is 13.9. The van der Waals surface area contributed by atoms with E-state index in [1.807, 2.05) is 6.92 Å². The van der Waals surface area contributed by atoms with Gasteiger partial charge in [0, 0.05) is 36.6 Å². The number of carbonyl (C=O) groups excluding carboxylic acids is 1. The van der Waals surface area contributed by atoms with Crippen molar-refractivity contribution in [2.75, 3.05) is 5.32 Å². The van der Waals surface area contributed by atoms with Gasteiger partial charge >= 0.3 is 0 Å². The number of nitrogens with zero attached hydrogens (tertiary/aromatic N) is 2. The van der Waals surface area contributed by atoms with Crippen molar-refractivity contribution in [3.63, 3.8) is 0 Å². The number of amides is 1. The molecule has 11 heteroatoms. The van der Waals surface area contributed by atoms with Crippen molar-refractivity contribution in [3.8, 4) is 6.07 Å². The Kier molecular flexibility index (Phi) is 7.25. The number of anilines is 1. The molecule has 3 N–H and O–H groups in total. The highest BCUT2D eigenvalue weighted by Crippen LogP contribution is 2.30. The van der Waals surface area contributed by atoms with E-state index in [9.17, 15) is 22.2 Å². The van der Waals surface area contributed by atoms with Crippen LogP contribution >= 0.6 is 0 Å². The smallest absolute Gasteiger partial charge is 0.272 e. The third kappa shape index (κ3) is 5.45. The molecule has 2 aromatic carbocycles. The average molecular weight is 528 g/mol. The quantitative estimate of drug-likeness (QED) is 0.413. The Labute approximate surface area is 212 Å².